The topological polar surface area (TPSA) is 88.8 Å². The van der Waals surface area contributed by atoms with Crippen molar-refractivity contribution < 1.29 is 0 Å². The van der Waals surface area contributed by atoms with E-state index < -0.39 is 0 Å². The summed E-state index contributed by atoms with van der Waals surface area (Å²) in [6.45, 7) is 2.89. The predicted molar refractivity (Wildman–Crippen MR) is 68.9 cm³/mol. The fraction of sp³-hybridized carbons (Fsp3) is 0.300. The molecule has 0 bridgehead atoms. The number of thiazole rings is 1. The lowest BCUT2D eigenvalue weighted by atomic mass is 10.2. The fourth-order valence-electron chi connectivity index (χ4n) is 1.36. The first-order chi connectivity index (χ1) is 8.29. The summed E-state index contributed by atoms with van der Waals surface area (Å²) < 4.78 is 0. The Morgan fingerprint density at radius 1 is 1.35 bits per heavy atom. The molecule has 4 N–H and O–H groups in total. The number of hydrogen-bond donors (Lipinski definition) is 3. The molecule has 2 rings (SSSR count). The van der Waals surface area contributed by atoms with Gasteiger partial charge in [0.05, 0.1) is 5.01 Å². The smallest absolute Gasteiger partial charge is 0.145 e. The molecule has 0 aromatic carbocycles. The number of aromatic nitrogens is 3. The average molecular weight is 250 g/mol. The zero-order valence-corrected chi connectivity index (χ0v) is 10.2. The first-order valence-electron chi connectivity index (χ1n) is 5.21. The van der Waals surface area contributed by atoms with Crippen LogP contribution < -0.4 is 16.6 Å². The molecular weight excluding hydrogens is 236 g/mol. The van der Waals surface area contributed by atoms with Crippen molar-refractivity contribution in [3.8, 4) is 0 Å². The highest BCUT2D eigenvalue weighted by Gasteiger charge is 2.08. The third-order valence-corrected chi connectivity index (χ3v) is 3.28. The molecule has 17 heavy (non-hydrogen) atoms. The van der Waals surface area contributed by atoms with Gasteiger partial charge in [-0.1, -0.05) is 6.92 Å². The predicted octanol–water partition coefficient (Wildman–Crippen LogP) is 1.43. The van der Waals surface area contributed by atoms with E-state index in [0.717, 1.165) is 17.4 Å². The van der Waals surface area contributed by atoms with Crippen LogP contribution in [0, 0.1) is 0 Å². The summed E-state index contributed by atoms with van der Waals surface area (Å²) in [6.07, 6.45) is 3.28. The Bertz CT molecular complexity index is 458. The lowest BCUT2D eigenvalue weighted by molar-refractivity contribution is 0.791. The van der Waals surface area contributed by atoms with Crippen molar-refractivity contribution in [3.05, 3.63) is 29.0 Å². The fourth-order valence-corrected chi connectivity index (χ4v) is 2.05. The highest BCUT2D eigenvalue weighted by Crippen LogP contribution is 2.18. The van der Waals surface area contributed by atoms with Crippen LogP contribution in [0.3, 0.4) is 0 Å². The van der Waals surface area contributed by atoms with Crippen LogP contribution in [0.1, 0.15) is 17.8 Å². The molecule has 0 saturated carbocycles. The van der Waals surface area contributed by atoms with Gasteiger partial charge in [-0.3, -0.25) is 0 Å². The van der Waals surface area contributed by atoms with E-state index in [1.807, 2.05) is 11.6 Å². The summed E-state index contributed by atoms with van der Waals surface area (Å²) in [5.74, 6) is 6.96. The van der Waals surface area contributed by atoms with Crippen molar-refractivity contribution in [2.75, 3.05) is 17.3 Å². The van der Waals surface area contributed by atoms with Gasteiger partial charge >= 0.3 is 0 Å². The second-order valence-electron chi connectivity index (χ2n) is 3.59. The Kier molecular flexibility index (Phi) is 3.84. The van der Waals surface area contributed by atoms with E-state index in [9.17, 15) is 0 Å². The highest BCUT2D eigenvalue weighted by atomic mass is 32.1. The molecule has 2 aromatic heterocycles. The molecule has 1 unspecified atom stereocenters. The van der Waals surface area contributed by atoms with E-state index >= 15 is 0 Å². The van der Waals surface area contributed by atoms with Crippen molar-refractivity contribution in [1.29, 1.82) is 0 Å². The Balaban J connectivity index is 1.93. The maximum Gasteiger partial charge on any atom is 0.145 e. The number of rotatable bonds is 5. The van der Waals surface area contributed by atoms with Gasteiger partial charge in [0.2, 0.25) is 0 Å². The van der Waals surface area contributed by atoms with Gasteiger partial charge < -0.3 is 10.7 Å². The molecule has 0 amide bonds. The Hall–Kier alpha value is -1.73. The van der Waals surface area contributed by atoms with Gasteiger partial charge in [-0.05, 0) is 0 Å². The summed E-state index contributed by atoms with van der Waals surface area (Å²) in [6, 6.07) is 1.76. The zero-order valence-electron chi connectivity index (χ0n) is 9.42. The van der Waals surface area contributed by atoms with E-state index in [1.54, 1.807) is 17.4 Å². The first kappa shape index (κ1) is 11.7. The largest absolute Gasteiger partial charge is 0.369 e. The van der Waals surface area contributed by atoms with Gasteiger partial charge in [-0.15, -0.1) is 11.3 Å². The van der Waals surface area contributed by atoms with Crippen molar-refractivity contribution >= 4 is 23.0 Å². The maximum absolute atomic E-state index is 5.28. The number of hydrogen-bond acceptors (Lipinski definition) is 7. The van der Waals surface area contributed by atoms with Gasteiger partial charge in [-0.2, -0.15) is 0 Å². The van der Waals surface area contributed by atoms with Gasteiger partial charge in [0.15, 0.2) is 0 Å². The van der Waals surface area contributed by atoms with E-state index in [0.29, 0.717) is 11.7 Å². The number of anilines is 2. The molecule has 0 spiro atoms. The molecular formula is C10H14N6S. The second-order valence-corrected chi connectivity index (χ2v) is 4.51. The van der Waals surface area contributed by atoms with E-state index in [2.05, 4.69) is 32.6 Å². The lowest BCUT2D eigenvalue weighted by Crippen LogP contribution is -2.13. The van der Waals surface area contributed by atoms with Crippen molar-refractivity contribution in [2.45, 2.75) is 12.8 Å². The summed E-state index contributed by atoms with van der Waals surface area (Å²) in [5, 5.41) is 6.32. The van der Waals surface area contributed by atoms with Crippen LogP contribution in [0.25, 0.3) is 0 Å². The molecule has 0 aliphatic carbocycles. The summed E-state index contributed by atoms with van der Waals surface area (Å²) >= 11 is 1.66. The third-order valence-electron chi connectivity index (χ3n) is 2.28. The minimum atomic E-state index is 0.347. The van der Waals surface area contributed by atoms with E-state index in [4.69, 9.17) is 5.84 Å². The number of nitrogens with one attached hydrogen (secondary N) is 2. The minimum Gasteiger partial charge on any atom is -0.369 e. The molecule has 0 aliphatic heterocycles. The molecule has 2 aromatic rings. The van der Waals surface area contributed by atoms with Crippen LogP contribution >= 0.6 is 11.3 Å². The molecule has 1 atom stereocenters. The molecule has 6 nitrogen and oxygen atoms in total. The number of nitrogens with two attached hydrogens (primary N) is 1. The van der Waals surface area contributed by atoms with Crippen LogP contribution in [-0.4, -0.2) is 21.5 Å². The van der Waals surface area contributed by atoms with Gasteiger partial charge in [0, 0.05) is 30.1 Å². The van der Waals surface area contributed by atoms with Crippen molar-refractivity contribution in [3.63, 3.8) is 0 Å². The van der Waals surface area contributed by atoms with Crippen LogP contribution in [-0.2, 0) is 0 Å². The quantitative estimate of drug-likeness (QED) is 0.549. The van der Waals surface area contributed by atoms with Crippen LogP contribution in [0.4, 0.5) is 11.6 Å². The molecule has 0 fully saturated rings. The van der Waals surface area contributed by atoms with E-state index in [-0.39, 0.29) is 0 Å². The monoisotopic (exact) mass is 250 g/mol. The lowest BCUT2D eigenvalue weighted by Gasteiger charge is -2.10. The number of nitrogen functional groups attached to an aromatic ring is 1. The Labute approximate surface area is 103 Å². The summed E-state index contributed by atoms with van der Waals surface area (Å²) in [4.78, 5) is 12.3. The average Bonchev–Trinajstić information content (AvgIpc) is 2.90. The molecule has 0 aliphatic rings. The highest BCUT2D eigenvalue weighted by molar-refractivity contribution is 7.09. The van der Waals surface area contributed by atoms with Crippen LogP contribution in [0.2, 0.25) is 0 Å². The van der Waals surface area contributed by atoms with Crippen LogP contribution in [0.15, 0.2) is 24.0 Å². The maximum atomic E-state index is 5.28. The number of nitrogens with zero attached hydrogens (tertiary/aromatic N) is 3. The van der Waals surface area contributed by atoms with E-state index in [1.165, 1.54) is 6.33 Å². The Morgan fingerprint density at radius 3 is 2.88 bits per heavy atom. The van der Waals surface area contributed by atoms with Gasteiger partial charge in [0.25, 0.3) is 0 Å². The standard InChI is InChI=1S/C10H14N6S/c1-7(10-12-2-3-17-10)5-13-8-4-9(16-11)15-6-14-8/h2-4,6-7H,5,11H2,1H3,(H2,13,14,15,16). The Morgan fingerprint density at radius 2 is 2.18 bits per heavy atom. The summed E-state index contributed by atoms with van der Waals surface area (Å²) in [7, 11) is 0. The summed E-state index contributed by atoms with van der Waals surface area (Å²) in [5.41, 5.74) is 2.48. The van der Waals surface area contributed by atoms with Gasteiger partial charge in [0.1, 0.15) is 18.0 Å². The SMILES string of the molecule is CC(CNc1cc(NN)ncn1)c1nccs1. The third kappa shape index (κ3) is 3.11. The molecule has 0 radical (unpaired) electrons. The molecule has 0 saturated heterocycles. The zero-order chi connectivity index (χ0) is 12.1. The molecule has 2 heterocycles. The second kappa shape index (κ2) is 5.55. The first-order valence-corrected chi connectivity index (χ1v) is 6.09. The minimum absolute atomic E-state index is 0.347. The normalized spacial score (nSPS) is 12.1. The van der Waals surface area contributed by atoms with Crippen LogP contribution in [0.5, 0.6) is 0 Å². The molecule has 7 heteroatoms. The van der Waals surface area contributed by atoms with Gasteiger partial charge in [-0.25, -0.2) is 20.8 Å². The van der Waals surface area contributed by atoms with Crippen molar-refractivity contribution in [2.24, 2.45) is 5.84 Å². The van der Waals surface area contributed by atoms with Crippen molar-refractivity contribution in [1.82, 2.24) is 15.0 Å². The number of hydrazine groups is 1. The molecule has 90 valence electrons.